The third kappa shape index (κ3) is 3.02. The first-order valence-corrected chi connectivity index (χ1v) is 6.85. The molecule has 4 nitrogen and oxygen atoms in total. The van der Waals surface area contributed by atoms with Gasteiger partial charge in [0.2, 0.25) is 0 Å². The van der Waals surface area contributed by atoms with Gasteiger partial charge in [-0.15, -0.1) is 0 Å². The third-order valence-corrected chi connectivity index (χ3v) is 3.48. The van der Waals surface area contributed by atoms with E-state index in [4.69, 9.17) is 9.15 Å². The number of fused-ring (bicyclic) bond motifs is 1. The molecule has 0 radical (unpaired) electrons. The zero-order chi connectivity index (χ0) is 13.8. The first kappa shape index (κ1) is 12.8. The molecule has 0 spiro atoms. The highest BCUT2D eigenvalue weighted by Crippen LogP contribution is 2.25. The summed E-state index contributed by atoms with van der Waals surface area (Å²) in [5.74, 6) is 1.34. The fourth-order valence-electron chi connectivity index (χ4n) is 2.44. The van der Waals surface area contributed by atoms with Crippen molar-refractivity contribution < 1.29 is 13.9 Å². The summed E-state index contributed by atoms with van der Waals surface area (Å²) in [5, 5.41) is 2.75. The van der Waals surface area contributed by atoms with Crippen molar-refractivity contribution >= 4 is 5.91 Å². The van der Waals surface area contributed by atoms with E-state index in [1.807, 2.05) is 18.2 Å². The van der Waals surface area contributed by atoms with Gasteiger partial charge in [0.05, 0.1) is 12.8 Å². The summed E-state index contributed by atoms with van der Waals surface area (Å²) in [6, 6.07) is 9.69. The van der Waals surface area contributed by atoms with Crippen LogP contribution in [0.15, 0.2) is 41.0 Å². The van der Waals surface area contributed by atoms with Crippen LogP contribution in [0.4, 0.5) is 0 Å². The number of amides is 1. The molecule has 0 fully saturated rings. The Kier molecular flexibility index (Phi) is 3.72. The topological polar surface area (TPSA) is 51.5 Å². The number of nitrogens with one attached hydrogen (secondary N) is 1. The number of carbonyl (C=O) groups excluding carboxylic acids is 1. The first-order valence-electron chi connectivity index (χ1n) is 6.85. The number of carbonyl (C=O) groups is 1. The second kappa shape index (κ2) is 5.82. The van der Waals surface area contributed by atoms with Crippen LogP contribution >= 0.6 is 0 Å². The van der Waals surface area contributed by atoms with E-state index in [-0.39, 0.29) is 12.5 Å². The van der Waals surface area contributed by atoms with Crippen molar-refractivity contribution in [2.75, 3.05) is 6.61 Å². The van der Waals surface area contributed by atoms with Crippen LogP contribution in [-0.4, -0.2) is 12.5 Å². The molecular formula is C16H17NO3. The normalized spacial score (nSPS) is 13.0. The molecule has 2 aromatic rings. The lowest BCUT2D eigenvalue weighted by atomic mass is 10.1. The summed E-state index contributed by atoms with van der Waals surface area (Å²) in [5.41, 5.74) is 2.75. The van der Waals surface area contributed by atoms with Crippen molar-refractivity contribution in [3.63, 3.8) is 0 Å². The highest BCUT2D eigenvalue weighted by molar-refractivity contribution is 5.77. The van der Waals surface area contributed by atoms with Crippen LogP contribution in [0.1, 0.15) is 23.3 Å². The van der Waals surface area contributed by atoms with Crippen LogP contribution in [0.3, 0.4) is 0 Å². The minimum Gasteiger partial charge on any atom is -0.484 e. The molecule has 0 bridgehead atoms. The molecule has 0 atom stereocenters. The molecule has 1 aromatic carbocycles. The van der Waals surface area contributed by atoms with E-state index in [2.05, 4.69) is 11.4 Å². The molecular weight excluding hydrogens is 254 g/mol. The van der Waals surface area contributed by atoms with E-state index in [1.165, 1.54) is 17.5 Å². The van der Waals surface area contributed by atoms with Crippen LogP contribution < -0.4 is 10.1 Å². The SMILES string of the molecule is O=C(COc1ccc2c(c1)CCC2)NCc1ccco1. The zero-order valence-corrected chi connectivity index (χ0v) is 11.2. The Morgan fingerprint density at radius 3 is 3.00 bits per heavy atom. The van der Waals surface area contributed by atoms with Gasteiger partial charge in [0.1, 0.15) is 11.5 Å². The molecule has 0 aliphatic heterocycles. The predicted molar refractivity (Wildman–Crippen MR) is 74.5 cm³/mol. The molecule has 3 rings (SSSR count). The monoisotopic (exact) mass is 271 g/mol. The van der Waals surface area contributed by atoms with Crippen LogP contribution in [-0.2, 0) is 24.2 Å². The number of rotatable bonds is 5. The van der Waals surface area contributed by atoms with Gasteiger partial charge < -0.3 is 14.5 Å². The summed E-state index contributed by atoms with van der Waals surface area (Å²) >= 11 is 0. The smallest absolute Gasteiger partial charge is 0.258 e. The van der Waals surface area contributed by atoms with Gasteiger partial charge in [-0.1, -0.05) is 6.07 Å². The van der Waals surface area contributed by atoms with Gasteiger partial charge in [-0.2, -0.15) is 0 Å². The van der Waals surface area contributed by atoms with Crippen molar-refractivity contribution in [3.05, 3.63) is 53.5 Å². The van der Waals surface area contributed by atoms with E-state index in [9.17, 15) is 4.79 Å². The number of furan rings is 1. The molecule has 1 N–H and O–H groups in total. The Balaban J connectivity index is 1.48. The summed E-state index contributed by atoms with van der Waals surface area (Å²) in [7, 11) is 0. The average Bonchev–Trinajstić information content (AvgIpc) is 3.13. The number of benzene rings is 1. The van der Waals surface area contributed by atoms with Gasteiger partial charge in [-0.05, 0) is 54.7 Å². The zero-order valence-electron chi connectivity index (χ0n) is 11.2. The molecule has 20 heavy (non-hydrogen) atoms. The predicted octanol–water partition coefficient (Wildman–Crippen LogP) is 2.46. The van der Waals surface area contributed by atoms with Crippen LogP contribution in [0.2, 0.25) is 0 Å². The maximum absolute atomic E-state index is 11.7. The van der Waals surface area contributed by atoms with Gasteiger partial charge in [0, 0.05) is 0 Å². The van der Waals surface area contributed by atoms with E-state index in [0.717, 1.165) is 24.4 Å². The number of ether oxygens (including phenoxy) is 1. The lowest BCUT2D eigenvalue weighted by Crippen LogP contribution is -2.28. The Morgan fingerprint density at radius 1 is 1.25 bits per heavy atom. The number of hydrogen-bond donors (Lipinski definition) is 1. The van der Waals surface area contributed by atoms with E-state index in [0.29, 0.717) is 6.54 Å². The van der Waals surface area contributed by atoms with Crippen molar-refractivity contribution in [1.29, 1.82) is 0 Å². The summed E-state index contributed by atoms with van der Waals surface area (Å²) in [4.78, 5) is 11.7. The van der Waals surface area contributed by atoms with Crippen LogP contribution in [0.5, 0.6) is 5.75 Å². The van der Waals surface area contributed by atoms with Gasteiger partial charge in [0.25, 0.3) is 5.91 Å². The molecule has 0 saturated carbocycles. The van der Waals surface area contributed by atoms with Crippen molar-refractivity contribution in [2.24, 2.45) is 0 Å². The molecule has 4 heteroatoms. The van der Waals surface area contributed by atoms with Crippen LogP contribution in [0, 0.1) is 0 Å². The average molecular weight is 271 g/mol. The fraction of sp³-hybridized carbons (Fsp3) is 0.312. The second-order valence-electron chi connectivity index (χ2n) is 4.93. The molecule has 1 aromatic heterocycles. The highest BCUT2D eigenvalue weighted by Gasteiger charge is 2.11. The summed E-state index contributed by atoms with van der Waals surface area (Å²) in [6.45, 7) is 0.416. The Hall–Kier alpha value is -2.23. The fourth-order valence-corrected chi connectivity index (χ4v) is 2.44. The minimum atomic E-state index is -0.151. The maximum Gasteiger partial charge on any atom is 0.258 e. The summed E-state index contributed by atoms with van der Waals surface area (Å²) in [6.07, 6.45) is 5.06. The Bertz CT molecular complexity index is 590. The van der Waals surface area contributed by atoms with Gasteiger partial charge in [0.15, 0.2) is 6.61 Å². The molecule has 1 aliphatic rings. The van der Waals surface area contributed by atoms with Gasteiger partial charge in [-0.25, -0.2) is 0 Å². The number of hydrogen-bond acceptors (Lipinski definition) is 3. The molecule has 0 unspecified atom stereocenters. The standard InChI is InChI=1S/C16H17NO3/c18-16(17-10-15-5-2-8-19-15)11-20-14-7-6-12-3-1-4-13(12)9-14/h2,5-9H,1,3-4,10-11H2,(H,17,18). The minimum absolute atomic E-state index is 0.0273. The first-order chi connectivity index (χ1) is 9.81. The second-order valence-corrected chi connectivity index (χ2v) is 4.93. The third-order valence-electron chi connectivity index (χ3n) is 3.48. The molecule has 1 aliphatic carbocycles. The van der Waals surface area contributed by atoms with Crippen LogP contribution in [0.25, 0.3) is 0 Å². The van der Waals surface area contributed by atoms with Gasteiger partial charge >= 0.3 is 0 Å². The summed E-state index contributed by atoms with van der Waals surface area (Å²) < 4.78 is 10.7. The van der Waals surface area contributed by atoms with Crippen molar-refractivity contribution in [2.45, 2.75) is 25.8 Å². The maximum atomic E-state index is 11.7. The van der Waals surface area contributed by atoms with Gasteiger partial charge in [-0.3, -0.25) is 4.79 Å². The highest BCUT2D eigenvalue weighted by atomic mass is 16.5. The lowest BCUT2D eigenvalue weighted by molar-refractivity contribution is -0.123. The largest absolute Gasteiger partial charge is 0.484 e. The van der Waals surface area contributed by atoms with E-state index >= 15 is 0 Å². The Labute approximate surface area is 117 Å². The number of aryl methyl sites for hydroxylation is 2. The molecule has 104 valence electrons. The van der Waals surface area contributed by atoms with Crippen molar-refractivity contribution in [1.82, 2.24) is 5.32 Å². The molecule has 1 amide bonds. The Morgan fingerprint density at radius 2 is 2.15 bits per heavy atom. The lowest BCUT2D eigenvalue weighted by Gasteiger charge is -2.08. The molecule has 1 heterocycles. The van der Waals surface area contributed by atoms with E-state index in [1.54, 1.807) is 12.3 Å². The van der Waals surface area contributed by atoms with E-state index < -0.39 is 0 Å². The quantitative estimate of drug-likeness (QED) is 0.908. The molecule has 0 saturated heterocycles. The van der Waals surface area contributed by atoms with Crippen molar-refractivity contribution in [3.8, 4) is 5.75 Å².